The molecule has 0 bridgehead atoms. The first-order valence-corrected chi connectivity index (χ1v) is 0. The van der Waals surface area contributed by atoms with Crippen molar-refractivity contribution in [1.29, 1.82) is 0 Å². The Morgan fingerprint density at radius 2 is 0.200 bits per heavy atom. The summed E-state index contributed by atoms with van der Waals surface area (Å²) in [6.45, 7) is 0. The SMILES string of the molecule is Cl.Cl.Cl.Cl.Cl.Cl.[H-].[H-].[H-].[H-].[H-].[H-].[H-].[H-].[H-].[Na+].[Na+].[Na+].[Na+].[Na+].[Na+].[Na+].[Na+].[Na+]. The molecule has 0 atom stereocenters. The summed E-state index contributed by atoms with van der Waals surface area (Å²) in [5.41, 5.74) is 0. The largest absolute Gasteiger partial charge is 1.00 e. The van der Waals surface area contributed by atoms with Crippen molar-refractivity contribution in [2.75, 3.05) is 0 Å². The third kappa shape index (κ3) is 111. The monoisotopic (exact) mass is 432 g/mol. The fourth-order valence-electron chi connectivity index (χ4n) is 0. The first-order valence-electron chi connectivity index (χ1n) is 0. The van der Waals surface area contributed by atoms with Gasteiger partial charge < -0.3 is 12.8 Å². The Morgan fingerprint density at radius 1 is 0.200 bits per heavy atom. The molecule has 0 spiro atoms. The van der Waals surface area contributed by atoms with Gasteiger partial charge in [0.1, 0.15) is 0 Å². The Morgan fingerprint density at radius 3 is 0.200 bits per heavy atom. The Hall–Kier alpha value is 10.7. The maximum absolute atomic E-state index is 0. The molecule has 0 aliphatic carbocycles. The molecule has 15 heavy (non-hydrogen) atoms. The van der Waals surface area contributed by atoms with Gasteiger partial charge in [-0.1, -0.05) is 0 Å². The molecule has 0 amide bonds. The summed E-state index contributed by atoms with van der Waals surface area (Å²) in [7, 11) is 0. The molecule has 66 valence electrons. The van der Waals surface area contributed by atoms with Gasteiger partial charge in [-0.2, -0.15) is 0 Å². The van der Waals surface area contributed by atoms with Gasteiger partial charge in [-0.05, 0) is 0 Å². The molecular formula is H15Cl6Na9. The molecule has 0 nitrogen and oxygen atoms in total. The first-order chi connectivity index (χ1) is 0. The van der Waals surface area contributed by atoms with Crippen molar-refractivity contribution in [1.82, 2.24) is 0 Å². The van der Waals surface area contributed by atoms with Gasteiger partial charge in [-0.25, -0.2) is 0 Å². The summed E-state index contributed by atoms with van der Waals surface area (Å²) in [5, 5.41) is 0. The van der Waals surface area contributed by atoms with Crippen LogP contribution in [-0.2, 0) is 0 Å². The van der Waals surface area contributed by atoms with Crippen LogP contribution in [0.15, 0.2) is 0 Å². The van der Waals surface area contributed by atoms with Crippen LogP contribution < -0.4 is 266 Å². The maximum atomic E-state index is 0. The Kier molecular flexibility index (Phi) is 1100. The summed E-state index contributed by atoms with van der Waals surface area (Å²) in [4.78, 5) is 0. The van der Waals surface area contributed by atoms with E-state index in [2.05, 4.69) is 0 Å². The van der Waals surface area contributed by atoms with Gasteiger partial charge >= 0.3 is 266 Å². The Labute approximate surface area is 343 Å². The van der Waals surface area contributed by atoms with E-state index in [1.165, 1.54) is 0 Å². The third-order valence-corrected chi connectivity index (χ3v) is 0. The average Bonchev–Trinajstić information content (AvgIpc) is 0. The van der Waals surface area contributed by atoms with Crippen LogP contribution in [0.25, 0.3) is 0 Å². The van der Waals surface area contributed by atoms with E-state index in [1.54, 1.807) is 0 Å². The molecule has 0 aromatic heterocycles. The predicted octanol–water partition coefficient (Wildman–Crippen LogP) is -23.4. The summed E-state index contributed by atoms with van der Waals surface area (Å²) in [6.07, 6.45) is 0. The molecule has 0 heterocycles. The van der Waals surface area contributed by atoms with E-state index in [9.17, 15) is 0 Å². The molecule has 15 heteroatoms. The van der Waals surface area contributed by atoms with Crippen LogP contribution in [0, 0.1) is 0 Å². The van der Waals surface area contributed by atoms with Crippen molar-refractivity contribution in [2.45, 2.75) is 0 Å². The second-order valence-electron chi connectivity index (χ2n) is 0. The van der Waals surface area contributed by atoms with Crippen molar-refractivity contribution in [3.8, 4) is 0 Å². The van der Waals surface area contributed by atoms with E-state index >= 15 is 0 Å². The molecule has 0 saturated carbocycles. The van der Waals surface area contributed by atoms with Gasteiger partial charge in [0.25, 0.3) is 0 Å². The van der Waals surface area contributed by atoms with Crippen LogP contribution in [-0.4, -0.2) is 0 Å². The zero-order valence-electron chi connectivity index (χ0n) is 20.4. The van der Waals surface area contributed by atoms with Gasteiger partial charge in [0.05, 0.1) is 0 Å². The number of halogens is 6. The van der Waals surface area contributed by atoms with Crippen LogP contribution in [0.4, 0.5) is 0 Å². The summed E-state index contributed by atoms with van der Waals surface area (Å²) < 4.78 is 0. The second kappa shape index (κ2) is 121. The van der Waals surface area contributed by atoms with E-state index in [-0.39, 0.29) is 353 Å². The molecule has 0 N–H and O–H groups in total. The quantitative estimate of drug-likeness (QED) is 0.332. The Bertz CT molecular complexity index is 37.5. The van der Waals surface area contributed by atoms with Crippen LogP contribution in [0.2, 0.25) is 0 Å². The molecule has 0 rings (SSSR count). The van der Waals surface area contributed by atoms with Crippen molar-refractivity contribution in [3.05, 3.63) is 0 Å². The van der Waals surface area contributed by atoms with Crippen LogP contribution in [0.3, 0.4) is 0 Å². The molecule has 0 radical (unpaired) electrons. The second-order valence-corrected chi connectivity index (χ2v) is 0. The number of rotatable bonds is 0. The summed E-state index contributed by atoms with van der Waals surface area (Å²) in [5.74, 6) is 0. The van der Waals surface area contributed by atoms with Gasteiger partial charge in [0, 0.05) is 0 Å². The number of hydrogen-bond acceptors (Lipinski definition) is 0. The standard InChI is InChI=1S/6ClH.9Na.9H/h6*1H;;;;;;;;;;;;;;;;;;/q;;;;;;9*+1;9*-1. The van der Waals surface area contributed by atoms with E-state index in [0.29, 0.717) is 0 Å². The molecule has 0 aliphatic rings. The fraction of sp³-hybridized carbons (Fsp3) is 0. The summed E-state index contributed by atoms with van der Waals surface area (Å²) in [6, 6.07) is 0. The first kappa shape index (κ1) is 137. The van der Waals surface area contributed by atoms with E-state index in [1.807, 2.05) is 0 Å². The molecule has 0 aromatic rings. The fourth-order valence-corrected chi connectivity index (χ4v) is 0. The van der Waals surface area contributed by atoms with Gasteiger partial charge in [0.2, 0.25) is 0 Å². The number of hydrogen-bond donors (Lipinski definition) is 0. The molecular weight excluding hydrogens is 420 g/mol. The molecule has 0 saturated heterocycles. The molecule has 0 fully saturated rings. The van der Waals surface area contributed by atoms with E-state index in [0.717, 1.165) is 0 Å². The van der Waals surface area contributed by atoms with Crippen molar-refractivity contribution in [2.24, 2.45) is 0 Å². The van der Waals surface area contributed by atoms with Gasteiger partial charge in [0.15, 0.2) is 0 Å². The minimum Gasteiger partial charge on any atom is -1.00 e. The minimum atomic E-state index is 0. The smallest absolute Gasteiger partial charge is 1.00 e. The topological polar surface area (TPSA) is 0 Å². The summed E-state index contributed by atoms with van der Waals surface area (Å²) >= 11 is 0. The van der Waals surface area contributed by atoms with Crippen molar-refractivity contribution >= 4 is 74.4 Å². The Balaban J connectivity index is 0. The third-order valence-electron chi connectivity index (χ3n) is 0. The predicted molar refractivity (Wildman–Crippen MR) is 53.5 cm³/mol. The molecule has 0 aliphatic heterocycles. The van der Waals surface area contributed by atoms with Gasteiger partial charge in [-0.15, -0.1) is 74.4 Å². The molecule has 0 unspecified atom stereocenters. The van der Waals surface area contributed by atoms with Crippen molar-refractivity contribution in [3.63, 3.8) is 0 Å². The normalized spacial score (nSPS) is 0. The van der Waals surface area contributed by atoms with E-state index < -0.39 is 0 Å². The zero-order valence-corrected chi connectivity index (χ0v) is 34.3. The van der Waals surface area contributed by atoms with Crippen LogP contribution in [0.5, 0.6) is 0 Å². The minimum absolute atomic E-state index is 0. The van der Waals surface area contributed by atoms with E-state index in [4.69, 9.17) is 0 Å². The van der Waals surface area contributed by atoms with Crippen LogP contribution >= 0.6 is 74.4 Å². The van der Waals surface area contributed by atoms with Gasteiger partial charge in [-0.3, -0.25) is 0 Å². The average molecular weight is 435 g/mol. The molecule has 0 aromatic carbocycles. The maximum Gasteiger partial charge on any atom is 1.00 e. The van der Waals surface area contributed by atoms with Crippen molar-refractivity contribution < 1.29 is 279 Å². The van der Waals surface area contributed by atoms with Crippen LogP contribution in [0.1, 0.15) is 12.8 Å². The zero-order chi connectivity index (χ0) is 0.